The Hall–Kier alpha value is -1.83. The van der Waals surface area contributed by atoms with E-state index in [4.69, 9.17) is 4.74 Å². The van der Waals surface area contributed by atoms with Crippen LogP contribution in [-0.2, 0) is 11.2 Å². The van der Waals surface area contributed by atoms with Crippen molar-refractivity contribution in [1.82, 2.24) is 0 Å². The fourth-order valence-electron chi connectivity index (χ4n) is 4.95. The molecule has 0 aliphatic heterocycles. The van der Waals surface area contributed by atoms with Crippen molar-refractivity contribution >= 4 is 5.97 Å². The first kappa shape index (κ1) is 20.9. The lowest BCUT2D eigenvalue weighted by atomic mass is 9.57. The number of aryl methyl sites for hydroxylation is 1. The van der Waals surface area contributed by atoms with Crippen LogP contribution in [-0.4, -0.2) is 12.1 Å². The predicted octanol–water partition coefficient (Wildman–Crippen LogP) is 6.90. The molecule has 0 aromatic heterocycles. The summed E-state index contributed by atoms with van der Waals surface area (Å²) in [6.45, 7) is 13.3. The van der Waals surface area contributed by atoms with Gasteiger partial charge in [-0.15, -0.1) is 0 Å². The minimum absolute atomic E-state index is 0.105. The van der Waals surface area contributed by atoms with Crippen LogP contribution in [0.25, 0.3) is 0 Å². The largest absolute Gasteiger partial charge is 0.455 e. The van der Waals surface area contributed by atoms with Gasteiger partial charge in [-0.05, 0) is 86.5 Å². The van der Waals surface area contributed by atoms with Crippen molar-refractivity contribution < 1.29 is 9.53 Å². The third kappa shape index (κ3) is 4.42. The molecule has 0 bridgehead atoms. The summed E-state index contributed by atoms with van der Waals surface area (Å²) in [6, 6.07) is 7.94. The molecule has 2 aliphatic carbocycles. The van der Waals surface area contributed by atoms with Crippen LogP contribution >= 0.6 is 0 Å². The van der Waals surface area contributed by atoms with E-state index in [1.54, 1.807) is 0 Å². The molecule has 28 heavy (non-hydrogen) atoms. The van der Waals surface area contributed by atoms with Gasteiger partial charge in [0.15, 0.2) is 0 Å². The van der Waals surface area contributed by atoms with Crippen LogP contribution in [0.1, 0.15) is 82.1 Å². The Balaban J connectivity index is 1.67. The molecule has 4 atom stereocenters. The number of ether oxygens (including phenoxy) is 1. The summed E-state index contributed by atoms with van der Waals surface area (Å²) in [7, 11) is 0. The van der Waals surface area contributed by atoms with Crippen LogP contribution in [0.3, 0.4) is 0 Å². The van der Waals surface area contributed by atoms with Gasteiger partial charge in [0.2, 0.25) is 0 Å². The fourth-order valence-corrected chi connectivity index (χ4v) is 4.95. The summed E-state index contributed by atoms with van der Waals surface area (Å²) >= 11 is 0. The highest BCUT2D eigenvalue weighted by Crippen LogP contribution is 2.53. The highest BCUT2D eigenvalue weighted by atomic mass is 16.5. The monoisotopic (exact) mass is 380 g/mol. The second-order valence-electron chi connectivity index (χ2n) is 9.28. The van der Waals surface area contributed by atoms with Crippen molar-refractivity contribution in [1.29, 1.82) is 0 Å². The first-order valence-corrected chi connectivity index (χ1v) is 11.0. The van der Waals surface area contributed by atoms with Gasteiger partial charge in [0, 0.05) is 0 Å². The molecule has 0 heterocycles. The minimum atomic E-state index is -0.199. The SMILES string of the molecule is C=C(C)C1CCC2=CC(OC(=O)c3ccc(CCCC)cc3)CC(C)C2(C)C1. The van der Waals surface area contributed by atoms with Crippen LogP contribution in [0.5, 0.6) is 0 Å². The Labute approximate surface area is 171 Å². The zero-order valence-corrected chi connectivity index (χ0v) is 18.1. The van der Waals surface area contributed by atoms with Crippen molar-refractivity contribution in [3.8, 4) is 0 Å². The first-order chi connectivity index (χ1) is 13.3. The fraction of sp³-hybridized carbons (Fsp3) is 0.577. The molecule has 0 amide bonds. The number of benzene rings is 1. The lowest BCUT2D eigenvalue weighted by molar-refractivity contribution is 0.0224. The molecule has 2 aliphatic rings. The van der Waals surface area contributed by atoms with Crippen LogP contribution in [0, 0.1) is 17.3 Å². The molecule has 0 N–H and O–H groups in total. The number of carbonyl (C=O) groups excluding carboxylic acids is 1. The Kier molecular flexibility index (Phi) is 6.47. The maximum Gasteiger partial charge on any atom is 0.338 e. The van der Waals surface area contributed by atoms with Crippen LogP contribution < -0.4 is 0 Å². The summed E-state index contributed by atoms with van der Waals surface area (Å²) < 4.78 is 5.90. The molecule has 1 aromatic rings. The Morgan fingerprint density at radius 1 is 1.29 bits per heavy atom. The Morgan fingerprint density at radius 2 is 2.00 bits per heavy atom. The number of carbonyl (C=O) groups is 1. The van der Waals surface area contributed by atoms with Gasteiger partial charge in [-0.2, -0.15) is 0 Å². The summed E-state index contributed by atoms with van der Waals surface area (Å²) in [5.41, 5.74) is 4.95. The molecule has 0 radical (unpaired) electrons. The number of hydrogen-bond acceptors (Lipinski definition) is 2. The van der Waals surface area contributed by atoms with Crippen molar-refractivity contribution in [3.63, 3.8) is 0 Å². The van der Waals surface area contributed by atoms with E-state index in [0.29, 0.717) is 17.4 Å². The van der Waals surface area contributed by atoms with E-state index < -0.39 is 0 Å². The zero-order chi connectivity index (χ0) is 20.3. The van der Waals surface area contributed by atoms with E-state index in [2.05, 4.69) is 52.5 Å². The third-order valence-electron chi connectivity index (χ3n) is 7.19. The van der Waals surface area contributed by atoms with Gasteiger partial charge in [-0.25, -0.2) is 4.79 Å². The van der Waals surface area contributed by atoms with Crippen LogP contribution in [0.4, 0.5) is 0 Å². The maximum absolute atomic E-state index is 12.7. The number of rotatable bonds is 6. The molecule has 1 saturated carbocycles. The summed E-state index contributed by atoms with van der Waals surface area (Å²) in [6.07, 6.45) is 9.93. The van der Waals surface area contributed by atoms with E-state index >= 15 is 0 Å². The third-order valence-corrected chi connectivity index (χ3v) is 7.19. The molecular weight excluding hydrogens is 344 g/mol. The summed E-state index contributed by atoms with van der Waals surface area (Å²) in [5, 5.41) is 0. The van der Waals surface area contributed by atoms with Gasteiger partial charge < -0.3 is 4.74 Å². The molecule has 1 aromatic carbocycles. The van der Waals surface area contributed by atoms with Crippen molar-refractivity contribution in [3.05, 3.63) is 59.2 Å². The number of esters is 1. The van der Waals surface area contributed by atoms with E-state index in [1.165, 1.54) is 42.4 Å². The lowest BCUT2D eigenvalue weighted by Crippen LogP contribution is -2.40. The average molecular weight is 381 g/mol. The maximum atomic E-state index is 12.7. The number of fused-ring (bicyclic) bond motifs is 1. The average Bonchev–Trinajstić information content (AvgIpc) is 2.67. The molecule has 4 unspecified atom stereocenters. The smallest absolute Gasteiger partial charge is 0.338 e. The molecule has 0 saturated heterocycles. The Bertz CT molecular complexity index is 742. The standard InChI is InChI=1S/C26H36O2/c1-6-7-8-20-9-11-21(12-10-20)25(27)28-24-15-19(4)26(5)17-22(18(2)3)13-14-23(26)16-24/h9-12,16,19,22,24H,2,6-8,13-15,17H2,1,3-5H3. The highest BCUT2D eigenvalue weighted by molar-refractivity contribution is 5.89. The first-order valence-electron chi connectivity index (χ1n) is 11.0. The van der Waals surface area contributed by atoms with Gasteiger partial charge in [0.05, 0.1) is 5.56 Å². The van der Waals surface area contributed by atoms with Gasteiger partial charge in [-0.3, -0.25) is 0 Å². The number of hydrogen-bond donors (Lipinski definition) is 0. The minimum Gasteiger partial charge on any atom is -0.455 e. The van der Waals surface area contributed by atoms with E-state index in [0.717, 1.165) is 19.3 Å². The summed E-state index contributed by atoms with van der Waals surface area (Å²) in [5.74, 6) is 0.925. The lowest BCUT2D eigenvalue weighted by Gasteiger charge is -2.48. The van der Waals surface area contributed by atoms with Crippen LogP contribution in [0.15, 0.2) is 48.1 Å². The second-order valence-corrected chi connectivity index (χ2v) is 9.28. The van der Waals surface area contributed by atoms with Crippen molar-refractivity contribution in [2.24, 2.45) is 17.3 Å². The highest BCUT2D eigenvalue weighted by Gasteiger charge is 2.44. The molecule has 152 valence electrons. The summed E-state index contributed by atoms with van der Waals surface area (Å²) in [4.78, 5) is 12.7. The normalized spacial score (nSPS) is 29.6. The molecule has 2 heteroatoms. The molecule has 3 rings (SSSR count). The van der Waals surface area contributed by atoms with E-state index in [9.17, 15) is 4.79 Å². The molecule has 2 nitrogen and oxygen atoms in total. The second kappa shape index (κ2) is 8.68. The van der Waals surface area contributed by atoms with Crippen LogP contribution in [0.2, 0.25) is 0 Å². The van der Waals surface area contributed by atoms with E-state index in [1.807, 2.05) is 12.1 Å². The molecular formula is C26H36O2. The number of unbranched alkanes of at least 4 members (excludes halogenated alkanes) is 1. The van der Waals surface area contributed by atoms with Crippen molar-refractivity contribution in [2.45, 2.75) is 78.7 Å². The van der Waals surface area contributed by atoms with Gasteiger partial charge in [-0.1, -0.05) is 57.0 Å². The zero-order valence-electron chi connectivity index (χ0n) is 18.1. The molecule has 1 fully saturated rings. The van der Waals surface area contributed by atoms with Gasteiger partial charge in [0.25, 0.3) is 0 Å². The van der Waals surface area contributed by atoms with Gasteiger partial charge in [0.1, 0.15) is 6.10 Å². The van der Waals surface area contributed by atoms with Crippen molar-refractivity contribution in [2.75, 3.05) is 0 Å². The molecule has 0 spiro atoms. The quantitative estimate of drug-likeness (QED) is 0.396. The van der Waals surface area contributed by atoms with E-state index in [-0.39, 0.29) is 17.5 Å². The Morgan fingerprint density at radius 3 is 2.64 bits per heavy atom. The predicted molar refractivity (Wildman–Crippen MR) is 116 cm³/mol. The topological polar surface area (TPSA) is 26.3 Å². The number of allylic oxidation sites excluding steroid dienone is 2. The van der Waals surface area contributed by atoms with Gasteiger partial charge >= 0.3 is 5.97 Å².